The highest BCUT2D eigenvalue weighted by atomic mass is 35.5. The van der Waals surface area contributed by atoms with Gasteiger partial charge >= 0.3 is 0 Å². The number of hydrogen-bond donors (Lipinski definition) is 2. The Labute approximate surface area is 119 Å². The van der Waals surface area contributed by atoms with Crippen LogP contribution in [-0.4, -0.2) is 11.9 Å². The van der Waals surface area contributed by atoms with Crippen LogP contribution in [0, 0.1) is 5.92 Å². The lowest BCUT2D eigenvalue weighted by Gasteiger charge is -2.22. The van der Waals surface area contributed by atoms with E-state index < -0.39 is 0 Å². The first-order valence-corrected chi connectivity index (χ1v) is 7.31. The third kappa shape index (κ3) is 3.48. The van der Waals surface area contributed by atoms with E-state index in [-0.39, 0.29) is 23.9 Å². The summed E-state index contributed by atoms with van der Waals surface area (Å²) in [4.78, 5) is 12.3. The highest BCUT2D eigenvalue weighted by Crippen LogP contribution is 2.26. The summed E-state index contributed by atoms with van der Waals surface area (Å²) in [5, 5.41) is 3.80. The van der Waals surface area contributed by atoms with Crippen LogP contribution in [0.15, 0.2) is 24.3 Å². The van der Waals surface area contributed by atoms with Crippen molar-refractivity contribution < 1.29 is 4.79 Å². The molecule has 1 aliphatic carbocycles. The van der Waals surface area contributed by atoms with Crippen molar-refractivity contribution in [2.24, 2.45) is 11.7 Å². The standard InChI is InChI=1S/C15H21ClN2O/c1-2-14(10-5-3-6-11(16)9-10)18-15(19)12-7-4-8-13(12)17/h3,5-6,9,12-14H,2,4,7-8,17H2,1H3,(H,18,19). The molecule has 0 aliphatic heterocycles. The van der Waals surface area contributed by atoms with Crippen LogP contribution in [-0.2, 0) is 4.79 Å². The van der Waals surface area contributed by atoms with E-state index in [1.807, 2.05) is 24.3 Å². The van der Waals surface area contributed by atoms with Gasteiger partial charge in [0.25, 0.3) is 0 Å². The summed E-state index contributed by atoms with van der Waals surface area (Å²) < 4.78 is 0. The van der Waals surface area contributed by atoms with Gasteiger partial charge in [-0.15, -0.1) is 0 Å². The van der Waals surface area contributed by atoms with Crippen molar-refractivity contribution in [3.05, 3.63) is 34.9 Å². The molecule has 0 bridgehead atoms. The van der Waals surface area contributed by atoms with E-state index in [9.17, 15) is 4.79 Å². The average molecular weight is 281 g/mol. The molecule has 1 amide bonds. The third-order valence-corrected chi connectivity index (χ3v) is 4.12. The Morgan fingerprint density at radius 1 is 1.53 bits per heavy atom. The van der Waals surface area contributed by atoms with Crippen molar-refractivity contribution in [3.63, 3.8) is 0 Å². The molecular weight excluding hydrogens is 260 g/mol. The van der Waals surface area contributed by atoms with Gasteiger partial charge in [-0.25, -0.2) is 0 Å². The van der Waals surface area contributed by atoms with Gasteiger partial charge in [0.2, 0.25) is 5.91 Å². The zero-order valence-electron chi connectivity index (χ0n) is 11.2. The van der Waals surface area contributed by atoms with Gasteiger partial charge < -0.3 is 11.1 Å². The molecule has 0 saturated heterocycles. The summed E-state index contributed by atoms with van der Waals surface area (Å²) in [7, 11) is 0. The second-order valence-electron chi connectivity index (χ2n) is 5.23. The minimum absolute atomic E-state index is 0.0110. The molecular formula is C15H21ClN2O. The van der Waals surface area contributed by atoms with Crippen LogP contribution in [0.25, 0.3) is 0 Å². The van der Waals surface area contributed by atoms with Crippen LogP contribution < -0.4 is 11.1 Å². The lowest BCUT2D eigenvalue weighted by atomic mass is 10.00. The van der Waals surface area contributed by atoms with E-state index in [4.69, 9.17) is 17.3 Å². The molecule has 1 aromatic rings. The number of amides is 1. The molecule has 0 heterocycles. The summed E-state index contributed by atoms with van der Waals surface area (Å²) in [5.41, 5.74) is 7.03. The van der Waals surface area contributed by atoms with E-state index in [0.717, 1.165) is 31.2 Å². The molecule has 1 saturated carbocycles. The summed E-state index contributed by atoms with van der Waals surface area (Å²) in [5.74, 6) is 0.0464. The predicted octanol–water partition coefficient (Wildman–Crippen LogP) is 3.03. The van der Waals surface area contributed by atoms with Crippen LogP contribution in [0.1, 0.15) is 44.2 Å². The smallest absolute Gasteiger partial charge is 0.225 e. The first kappa shape index (κ1) is 14.4. The molecule has 1 fully saturated rings. The van der Waals surface area contributed by atoms with Gasteiger partial charge in [-0.1, -0.05) is 37.1 Å². The van der Waals surface area contributed by atoms with E-state index in [0.29, 0.717) is 5.02 Å². The molecule has 3 unspecified atom stereocenters. The second kappa shape index (κ2) is 6.40. The lowest BCUT2D eigenvalue weighted by molar-refractivity contribution is -0.126. The normalized spacial score (nSPS) is 24.2. The van der Waals surface area contributed by atoms with Crippen LogP contribution in [0.5, 0.6) is 0 Å². The number of halogens is 1. The minimum Gasteiger partial charge on any atom is -0.349 e. The van der Waals surface area contributed by atoms with Gasteiger partial charge in [0.15, 0.2) is 0 Å². The number of carbonyl (C=O) groups is 1. The molecule has 104 valence electrons. The molecule has 3 atom stereocenters. The lowest BCUT2D eigenvalue weighted by Crippen LogP contribution is -2.40. The van der Waals surface area contributed by atoms with Gasteiger partial charge in [-0.05, 0) is 37.0 Å². The van der Waals surface area contributed by atoms with E-state index in [1.54, 1.807) is 0 Å². The molecule has 1 aromatic carbocycles. The van der Waals surface area contributed by atoms with Crippen LogP contribution in [0.2, 0.25) is 5.02 Å². The number of hydrogen-bond acceptors (Lipinski definition) is 2. The monoisotopic (exact) mass is 280 g/mol. The van der Waals surface area contributed by atoms with E-state index >= 15 is 0 Å². The first-order chi connectivity index (χ1) is 9.11. The Morgan fingerprint density at radius 2 is 2.32 bits per heavy atom. The fraction of sp³-hybridized carbons (Fsp3) is 0.533. The highest BCUT2D eigenvalue weighted by molar-refractivity contribution is 6.30. The molecule has 1 aliphatic rings. The molecule has 19 heavy (non-hydrogen) atoms. The zero-order valence-corrected chi connectivity index (χ0v) is 12.0. The minimum atomic E-state index is -0.0340. The summed E-state index contributed by atoms with van der Waals surface area (Å²) in [6, 6.07) is 7.68. The third-order valence-electron chi connectivity index (χ3n) is 3.88. The molecule has 4 heteroatoms. The number of benzene rings is 1. The van der Waals surface area contributed by atoms with Crippen LogP contribution in [0.4, 0.5) is 0 Å². The quantitative estimate of drug-likeness (QED) is 0.891. The summed E-state index contributed by atoms with van der Waals surface area (Å²) >= 11 is 6.00. The molecule has 0 aromatic heterocycles. The number of carbonyl (C=O) groups excluding carboxylic acids is 1. The fourth-order valence-corrected chi connectivity index (χ4v) is 2.94. The molecule has 3 N–H and O–H groups in total. The van der Waals surface area contributed by atoms with E-state index in [2.05, 4.69) is 12.2 Å². The van der Waals surface area contributed by atoms with Crippen LogP contribution in [0.3, 0.4) is 0 Å². The second-order valence-corrected chi connectivity index (χ2v) is 5.66. The summed E-state index contributed by atoms with van der Waals surface area (Å²) in [6.45, 7) is 2.06. The first-order valence-electron chi connectivity index (χ1n) is 6.93. The zero-order chi connectivity index (χ0) is 13.8. The predicted molar refractivity (Wildman–Crippen MR) is 77.9 cm³/mol. The Hall–Kier alpha value is -1.06. The van der Waals surface area contributed by atoms with Crippen molar-refractivity contribution in [2.75, 3.05) is 0 Å². The number of nitrogens with one attached hydrogen (secondary N) is 1. The van der Waals surface area contributed by atoms with Gasteiger partial charge in [0, 0.05) is 11.1 Å². The van der Waals surface area contributed by atoms with Crippen molar-refractivity contribution in [1.29, 1.82) is 0 Å². The summed E-state index contributed by atoms with van der Waals surface area (Å²) in [6.07, 6.45) is 3.74. The topological polar surface area (TPSA) is 55.1 Å². The molecule has 0 radical (unpaired) electrons. The van der Waals surface area contributed by atoms with Gasteiger partial charge in [-0.3, -0.25) is 4.79 Å². The van der Waals surface area contributed by atoms with Gasteiger partial charge in [0.05, 0.1) is 12.0 Å². The van der Waals surface area contributed by atoms with Crippen molar-refractivity contribution in [3.8, 4) is 0 Å². The number of rotatable bonds is 4. The van der Waals surface area contributed by atoms with Gasteiger partial charge in [0.1, 0.15) is 0 Å². The average Bonchev–Trinajstić information content (AvgIpc) is 2.82. The van der Waals surface area contributed by atoms with Crippen molar-refractivity contribution >= 4 is 17.5 Å². The van der Waals surface area contributed by atoms with Crippen molar-refractivity contribution in [1.82, 2.24) is 5.32 Å². The number of nitrogens with two attached hydrogens (primary N) is 1. The van der Waals surface area contributed by atoms with Crippen LogP contribution >= 0.6 is 11.6 Å². The Balaban J connectivity index is 2.05. The maximum atomic E-state index is 12.3. The molecule has 0 spiro atoms. The Bertz CT molecular complexity index is 450. The maximum absolute atomic E-state index is 12.3. The Kier molecular flexibility index (Phi) is 4.83. The Morgan fingerprint density at radius 3 is 2.89 bits per heavy atom. The molecule has 2 rings (SSSR count). The molecule has 3 nitrogen and oxygen atoms in total. The largest absolute Gasteiger partial charge is 0.349 e. The van der Waals surface area contributed by atoms with Gasteiger partial charge in [-0.2, -0.15) is 0 Å². The fourth-order valence-electron chi connectivity index (χ4n) is 2.74. The van der Waals surface area contributed by atoms with Crippen molar-refractivity contribution in [2.45, 2.75) is 44.7 Å². The maximum Gasteiger partial charge on any atom is 0.225 e. The SMILES string of the molecule is CCC(NC(=O)C1CCCC1N)c1cccc(Cl)c1. The highest BCUT2D eigenvalue weighted by Gasteiger charge is 2.31. The van der Waals surface area contributed by atoms with E-state index in [1.165, 1.54) is 0 Å².